The van der Waals surface area contributed by atoms with Crippen LogP contribution in [0.3, 0.4) is 0 Å². The van der Waals surface area contributed by atoms with Gasteiger partial charge < -0.3 is 14.6 Å². The van der Waals surface area contributed by atoms with Crippen molar-refractivity contribution in [2.45, 2.75) is 19.0 Å². The minimum absolute atomic E-state index is 0.123. The van der Waals surface area contributed by atoms with Gasteiger partial charge in [0.25, 0.3) is 5.91 Å². The fourth-order valence-corrected chi connectivity index (χ4v) is 4.65. The van der Waals surface area contributed by atoms with Crippen LogP contribution in [0.2, 0.25) is 0 Å². The Bertz CT molecular complexity index is 987. The Balaban J connectivity index is 1.35. The molecule has 0 unspecified atom stereocenters. The van der Waals surface area contributed by atoms with Crippen molar-refractivity contribution in [1.82, 2.24) is 19.8 Å². The summed E-state index contributed by atoms with van der Waals surface area (Å²) in [6.07, 6.45) is 6.62. The first-order chi connectivity index (χ1) is 14.3. The molecule has 2 fully saturated rings. The zero-order valence-corrected chi connectivity index (χ0v) is 16.5. The first-order valence-electron chi connectivity index (χ1n) is 10.3. The van der Waals surface area contributed by atoms with Gasteiger partial charge in [0.2, 0.25) is 0 Å². The average Bonchev–Trinajstić information content (AvgIpc) is 3.15. The second kappa shape index (κ2) is 7.97. The Morgan fingerprint density at radius 2 is 2.21 bits per heavy atom. The van der Waals surface area contributed by atoms with Gasteiger partial charge in [0.15, 0.2) is 0 Å². The number of hydrogen-bond donors (Lipinski definition) is 1. The molecule has 0 radical (unpaired) electrons. The van der Waals surface area contributed by atoms with E-state index in [2.05, 4.69) is 20.9 Å². The number of fused-ring (bicyclic) bond motifs is 2. The maximum atomic E-state index is 13.2. The molecule has 2 aromatic heterocycles. The summed E-state index contributed by atoms with van der Waals surface area (Å²) in [7, 11) is 0. The van der Waals surface area contributed by atoms with E-state index in [1.165, 1.54) is 5.56 Å². The Hall–Kier alpha value is -2.70. The van der Waals surface area contributed by atoms with Crippen LogP contribution >= 0.6 is 0 Å². The van der Waals surface area contributed by atoms with E-state index in [0.29, 0.717) is 12.0 Å². The normalized spacial score (nSPS) is 23.0. The third kappa shape index (κ3) is 3.78. The molecule has 150 valence electrons. The lowest BCUT2D eigenvalue weighted by molar-refractivity contribution is 0.0371. The number of ether oxygens (including phenoxy) is 1. The number of aromatic amines is 1. The number of likely N-dealkylation sites (tertiary alicyclic amines) is 1. The molecule has 3 aromatic rings. The number of pyridine rings is 1. The van der Waals surface area contributed by atoms with Crippen molar-refractivity contribution in [2.75, 3.05) is 32.8 Å². The Morgan fingerprint density at radius 1 is 1.24 bits per heavy atom. The van der Waals surface area contributed by atoms with Gasteiger partial charge in [-0.1, -0.05) is 6.07 Å². The van der Waals surface area contributed by atoms with Gasteiger partial charge in [-0.15, -0.1) is 0 Å². The highest BCUT2D eigenvalue weighted by Crippen LogP contribution is 2.28. The molecule has 0 aliphatic carbocycles. The van der Waals surface area contributed by atoms with Crippen molar-refractivity contribution in [3.63, 3.8) is 0 Å². The van der Waals surface area contributed by atoms with Gasteiger partial charge in [-0.05, 0) is 42.3 Å². The average molecular weight is 390 g/mol. The molecule has 5 rings (SSSR count). The summed E-state index contributed by atoms with van der Waals surface area (Å²) in [5.41, 5.74) is 3.03. The van der Waals surface area contributed by atoms with E-state index in [1.807, 2.05) is 47.6 Å². The van der Waals surface area contributed by atoms with E-state index in [0.717, 1.165) is 62.3 Å². The maximum Gasteiger partial charge on any atom is 0.253 e. The highest BCUT2D eigenvalue weighted by atomic mass is 16.5. The summed E-state index contributed by atoms with van der Waals surface area (Å²) in [4.78, 5) is 25.2. The number of H-pyrrole nitrogens is 1. The molecule has 0 bridgehead atoms. The van der Waals surface area contributed by atoms with Gasteiger partial charge in [0.1, 0.15) is 0 Å². The van der Waals surface area contributed by atoms with Crippen molar-refractivity contribution in [3.8, 4) is 0 Å². The number of rotatable bonds is 3. The minimum Gasteiger partial charge on any atom is -0.380 e. The van der Waals surface area contributed by atoms with Gasteiger partial charge in [-0.3, -0.25) is 14.7 Å². The number of benzene rings is 1. The van der Waals surface area contributed by atoms with Gasteiger partial charge in [-0.2, -0.15) is 0 Å². The first-order valence-corrected chi connectivity index (χ1v) is 10.3. The second-order valence-corrected chi connectivity index (χ2v) is 8.05. The monoisotopic (exact) mass is 390 g/mol. The van der Waals surface area contributed by atoms with E-state index >= 15 is 0 Å². The lowest BCUT2D eigenvalue weighted by Gasteiger charge is -2.42. The number of amides is 1. The molecule has 6 nitrogen and oxygen atoms in total. The van der Waals surface area contributed by atoms with Gasteiger partial charge in [0, 0.05) is 73.2 Å². The first kappa shape index (κ1) is 18.3. The summed E-state index contributed by atoms with van der Waals surface area (Å²) in [5.74, 6) is 0.586. The molecule has 0 saturated carbocycles. The molecule has 6 heteroatoms. The third-order valence-electron chi connectivity index (χ3n) is 6.24. The smallest absolute Gasteiger partial charge is 0.253 e. The topological polar surface area (TPSA) is 61.5 Å². The highest BCUT2D eigenvalue weighted by molar-refractivity contribution is 5.98. The molecular formula is C23H26N4O2. The molecule has 1 aromatic carbocycles. The molecule has 2 aliphatic heterocycles. The highest BCUT2D eigenvalue weighted by Gasteiger charge is 2.37. The summed E-state index contributed by atoms with van der Waals surface area (Å²) >= 11 is 0. The molecule has 1 N–H and O–H groups in total. The predicted molar refractivity (Wildman–Crippen MR) is 112 cm³/mol. The van der Waals surface area contributed by atoms with E-state index < -0.39 is 0 Å². The van der Waals surface area contributed by atoms with Crippen LogP contribution in [0.4, 0.5) is 0 Å². The second-order valence-electron chi connectivity index (χ2n) is 8.05. The SMILES string of the molecule is O=C(c1ccc2[nH]ccc2c1)N1CC[C@@H]2COCCN(Cc3cccnc3)[C@@H]2C1. The lowest BCUT2D eigenvalue weighted by Crippen LogP contribution is -2.54. The van der Waals surface area contributed by atoms with Crippen LogP contribution in [0.25, 0.3) is 10.9 Å². The summed E-state index contributed by atoms with van der Waals surface area (Å²) in [5, 5.41) is 1.08. The quantitative estimate of drug-likeness (QED) is 0.747. The third-order valence-corrected chi connectivity index (χ3v) is 6.24. The standard InChI is InChI=1S/C23H26N4O2/c28-23(19-3-4-21-18(12-19)5-8-25-21)27-9-6-20-16-29-11-10-26(22(20)15-27)14-17-2-1-7-24-13-17/h1-5,7-8,12-13,20,22,25H,6,9-11,14-16H2/t20-,22-/m1/s1. The molecule has 0 spiro atoms. The van der Waals surface area contributed by atoms with Crippen LogP contribution in [-0.4, -0.2) is 64.6 Å². The number of nitrogens with one attached hydrogen (secondary N) is 1. The van der Waals surface area contributed by atoms with E-state index in [4.69, 9.17) is 4.74 Å². The number of nitrogens with zero attached hydrogens (tertiary/aromatic N) is 3. The number of hydrogen-bond acceptors (Lipinski definition) is 4. The van der Waals surface area contributed by atoms with Crippen molar-refractivity contribution in [2.24, 2.45) is 5.92 Å². The van der Waals surface area contributed by atoms with Crippen molar-refractivity contribution in [3.05, 3.63) is 66.1 Å². The van der Waals surface area contributed by atoms with Crippen LogP contribution < -0.4 is 0 Å². The predicted octanol–water partition coefficient (Wildman–Crippen LogP) is 2.93. The number of carbonyl (C=O) groups excluding carboxylic acids is 1. The Labute approximate surface area is 170 Å². The zero-order chi connectivity index (χ0) is 19.6. The largest absolute Gasteiger partial charge is 0.380 e. The summed E-state index contributed by atoms with van der Waals surface area (Å²) in [6, 6.07) is 12.3. The van der Waals surface area contributed by atoms with E-state index in [-0.39, 0.29) is 5.91 Å². The molecule has 2 aliphatic rings. The summed E-state index contributed by atoms with van der Waals surface area (Å²) < 4.78 is 5.89. The molecular weight excluding hydrogens is 364 g/mol. The van der Waals surface area contributed by atoms with E-state index in [1.54, 1.807) is 6.20 Å². The van der Waals surface area contributed by atoms with Crippen molar-refractivity contribution in [1.29, 1.82) is 0 Å². The Morgan fingerprint density at radius 3 is 3.10 bits per heavy atom. The summed E-state index contributed by atoms with van der Waals surface area (Å²) in [6.45, 7) is 4.79. The maximum absolute atomic E-state index is 13.2. The molecule has 4 heterocycles. The van der Waals surface area contributed by atoms with Crippen LogP contribution in [-0.2, 0) is 11.3 Å². The van der Waals surface area contributed by atoms with Gasteiger partial charge in [0.05, 0.1) is 13.2 Å². The molecule has 29 heavy (non-hydrogen) atoms. The molecule has 2 saturated heterocycles. The van der Waals surface area contributed by atoms with E-state index in [9.17, 15) is 4.79 Å². The Kier molecular flexibility index (Phi) is 5.04. The van der Waals surface area contributed by atoms with Crippen LogP contribution in [0.15, 0.2) is 55.0 Å². The van der Waals surface area contributed by atoms with Crippen LogP contribution in [0, 0.1) is 5.92 Å². The zero-order valence-electron chi connectivity index (χ0n) is 16.5. The van der Waals surface area contributed by atoms with Gasteiger partial charge in [-0.25, -0.2) is 0 Å². The number of carbonyl (C=O) groups is 1. The fourth-order valence-electron chi connectivity index (χ4n) is 4.65. The minimum atomic E-state index is 0.123. The lowest BCUT2D eigenvalue weighted by atomic mass is 9.90. The van der Waals surface area contributed by atoms with Crippen LogP contribution in [0.1, 0.15) is 22.3 Å². The molecule has 1 amide bonds. The van der Waals surface area contributed by atoms with Crippen LogP contribution in [0.5, 0.6) is 0 Å². The number of aromatic nitrogens is 2. The number of piperidine rings is 1. The van der Waals surface area contributed by atoms with Crippen molar-refractivity contribution < 1.29 is 9.53 Å². The molecule has 2 atom stereocenters. The van der Waals surface area contributed by atoms with Gasteiger partial charge >= 0.3 is 0 Å². The van der Waals surface area contributed by atoms with Crippen molar-refractivity contribution >= 4 is 16.8 Å². The fraction of sp³-hybridized carbons (Fsp3) is 0.391.